The van der Waals surface area contributed by atoms with Crippen LogP contribution in [0.5, 0.6) is 0 Å². The van der Waals surface area contributed by atoms with Crippen LogP contribution in [0.15, 0.2) is 59.7 Å². The Labute approximate surface area is 148 Å². The Balaban J connectivity index is 1.68. The lowest BCUT2D eigenvalue weighted by molar-refractivity contribution is 0.717. The Kier molecular flexibility index (Phi) is 7.88. The molecule has 1 heteroatoms. The van der Waals surface area contributed by atoms with Crippen LogP contribution in [0.2, 0.25) is 0 Å². The molecule has 1 nitrogen and oxygen atoms in total. The molecule has 0 atom stereocenters. The smallest absolute Gasteiger partial charge is 0.0340 e. The lowest BCUT2D eigenvalue weighted by Crippen LogP contribution is -2.03. The predicted octanol–water partition coefficient (Wildman–Crippen LogP) is 6.83. The van der Waals surface area contributed by atoms with Crippen LogP contribution in [0.25, 0.3) is 0 Å². The summed E-state index contributed by atoms with van der Waals surface area (Å²) in [7, 11) is 0. The summed E-state index contributed by atoms with van der Waals surface area (Å²) in [6.45, 7) is 9.75. The molecule has 0 unspecified atom stereocenters. The molecule has 0 radical (unpaired) electrons. The van der Waals surface area contributed by atoms with Gasteiger partial charge in [0.1, 0.15) is 0 Å². The summed E-state index contributed by atoms with van der Waals surface area (Å²) in [6.07, 6.45) is 14.3. The van der Waals surface area contributed by atoms with Gasteiger partial charge in [-0.2, -0.15) is 0 Å². The Bertz CT molecular complexity index is 575. The number of unbranched alkanes of at least 4 members (excludes halogenated alkanes) is 2. The average Bonchev–Trinajstić information content (AvgIpc) is 2.60. The summed E-state index contributed by atoms with van der Waals surface area (Å²) < 4.78 is 0. The number of anilines is 1. The van der Waals surface area contributed by atoms with Gasteiger partial charge in [-0.25, -0.2) is 0 Å². The van der Waals surface area contributed by atoms with E-state index in [9.17, 15) is 0 Å². The molecule has 24 heavy (non-hydrogen) atoms. The highest BCUT2D eigenvalue weighted by atomic mass is 14.9. The van der Waals surface area contributed by atoms with Crippen LogP contribution in [0.3, 0.4) is 0 Å². The molecule has 2 rings (SSSR count). The summed E-state index contributed by atoms with van der Waals surface area (Å²) in [4.78, 5) is 0. The average molecular weight is 324 g/mol. The molecule has 0 aliphatic heterocycles. The summed E-state index contributed by atoms with van der Waals surface area (Å²) in [5.74, 6) is 0. The lowest BCUT2D eigenvalue weighted by Gasteiger charge is -2.15. The van der Waals surface area contributed by atoms with Gasteiger partial charge in [-0.3, -0.25) is 0 Å². The van der Waals surface area contributed by atoms with Crippen molar-refractivity contribution in [2.24, 2.45) is 0 Å². The number of nitrogens with one attached hydrogen (secondary N) is 1. The second-order valence-corrected chi connectivity index (χ2v) is 6.87. The highest BCUT2D eigenvalue weighted by Crippen LogP contribution is 2.26. The van der Waals surface area contributed by atoms with Crippen LogP contribution >= 0.6 is 0 Å². The van der Waals surface area contributed by atoms with E-state index in [2.05, 4.69) is 62.2 Å². The number of benzene rings is 1. The zero-order valence-electron chi connectivity index (χ0n) is 15.5. The first kappa shape index (κ1) is 18.6. The van der Waals surface area contributed by atoms with Gasteiger partial charge >= 0.3 is 0 Å². The molecule has 0 heterocycles. The molecule has 130 valence electrons. The highest BCUT2D eigenvalue weighted by Gasteiger charge is 2.07. The van der Waals surface area contributed by atoms with E-state index in [1.54, 1.807) is 0 Å². The van der Waals surface area contributed by atoms with Crippen molar-refractivity contribution in [2.45, 2.75) is 65.2 Å². The summed E-state index contributed by atoms with van der Waals surface area (Å²) >= 11 is 0. The molecule has 1 aromatic rings. The number of aryl methyl sites for hydroxylation is 1. The molecular weight excluding hydrogens is 290 g/mol. The van der Waals surface area contributed by atoms with E-state index in [0.717, 1.165) is 25.8 Å². The number of hydrogen-bond acceptors (Lipinski definition) is 1. The summed E-state index contributed by atoms with van der Waals surface area (Å²) in [5, 5.41) is 3.53. The van der Waals surface area contributed by atoms with E-state index >= 15 is 0 Å². The number of allylic oxidation sites excluding steroid dienone is 5. The Hall–Kier alpha value is -1.76. The molecule has 1 aliphatic rings. The van der Waals surface area contributed by atoms with Crippen LogP contribution < -0.4 is 5.32 Å². The van der Waals surface area contributed by atoms with E-state index in [-0.39, 0.29) is 0 Å². The highest BCUT2D eigenvalue weighted by molar-refractivity contribution is 5.46. The Morgan fingerprint density at radius 2 is 1.79 bits per heavy atom. The fourth-order valence-electron chi connectivity index (χ4n) is 3.26. The predicted molar refractivity (Wildman–Crippen MR) is 108 cm³/mol. The van der Waals surface area contributed by atoms with Gasteiger partial charge in [-0.05, 0) is 79.9 Å². The van der Waals surface area contributed by atoms with Gasteiger partial charge in [0.2, 0.25) is 0 Å². The molecular formula is C23H33N. The van der Waals surface area contributed by atoms with E-state index in [0.29, 0.717) is 0 Å². The summed E-state index contributed by atoms with van der Waals surface area (Å²) in [5.41, 5.74) is 6.76. The van der Waals surface area contributed by atoms with Gasteiger partial charge in [0, 0.05) is 12.2 Å². The maximum absolute atomic E-state index is 4.28. The first-order chi connectivity index (χ1) is 11.7. The van der Waals surface area contributed by atoms with Gasteiger partial charge in [0.25, 0.3) is 0 Å². The fourth-order valence-corrected chi connectivity index (χ4v) is 3.26. The van der Waals surface area contributed by atoms with E-state index in [4.69, 9.17) is 0 Å². The van der Waals surface area contributed by atoms with Crippen molar-refractivity contribution in [3.8, 4) is 0 Å². The zero-order chi connectivity index (χ0) is 17.2. The normalized spacial score (nSPS) is 14.1. The maximum Gasteiger partial charge on any atom is 0.0340 e. The minimum atomic E-state index is 1.00. The number of hydrogen-bond donors (Lipinski definition) is 1. The van der Waals surface area contributed by atoms with Gasteiger partial charge in [-0.1, -0.05) is 50.6 Å². The first-order valence-electron chi connectivity index (χ1n) is 9.59. The molecule has 0 saturated heterocycles. The minimum Gasteiger partial charge on any atom is -0.385 e. The molecule has 1 aliphatic carbocycles. The molecule has 0 bridgehead atoms. The van der Waals surface area contributed by atoms with Gasteiger partial charge in [0.05, 0.1) is 0 Å². The quantitative estimate of drug-likeness (QED) is 0.465. The van der Waals surface area contributed by atoms with Crippen molar-refractivity contribution in [1.82, 2.24) is 0 Å². The zero-order valence-corrected chi connectivity index (χ0v) is 15.5. The molecule has 1 aromatic carbocycles. The monoisotopic (exact) mass is 323 g/mol. The van der Waals surface area contributed by atoms with Crippen molar-refractivity contribution in [2.75, 3.05) is 11.9 Å². The maximum atomic E-state index is 4.28. The van der Waals surface area contributed by atoms with Crippen molar-refractivity contribution < 1.29 is 0 Å². The Morgan fingerprint density at radius 1 is 1.04 bits per heavy atom. The molecule has 0 fully saturated rings. The van der Waals surface area contributed by atoms with Crippen LogP contribution in [-0.2, 0) is 6.42 Å². The molecule has 0 amide bonds. The fraction of sp³-hybridized carbons (Fsp3) is 0.478. The van der Waals surface area contributed by atoms with E-state index < -0.39 is 0 Å². The van der Waals surface area contributed by atoms with Crippen molar-refractivity contribution in [3.63, 3.8) is 0 Å². The SMILES string of the molecule is C=C(CCCNc1ccc(CCCCC)cc1)C1=CCCC=C1C. The Morgan fingerprint density at radius 3 is 2.50 bits per heavy atom. The number of rotatable bonds is 10. The second-order valence-electron chi connectivity index (χ2n) is 6.87. The molecule has 0 aromatic heterocycles. The van der Waals surface area contributed by atoms with Gasteiger partial charge in [0.15, 0.2) is 0 Å². The van der Waals surface area contributed by atoms with Crippen molar-refractivity contribution in [1.29, 1.82) is 0 Å². The molecule has 1 N–H and O–H groups in total. The largest absolute Gasteiger partial charge is 0.385 e. The topological polar surface area (TPSA) is 12.0 Å². The molecule has 0 spiro atoms. The second kappa shape index (κ2) is 10.2. The third-order valence-electron chi connectivity index (χ3n) is 4.78. The lowest BCUT2D eigenvalue weighted by atomic mass is 9.91. The summed E-state index contributed by atoms with van der Waals surface area (Å²) in [6, 6.07) is 8.95. The minimum absolute atomic E-state index is 1.00. The third-order valence-corrected chi connectivity index (χ3v) is 4.78. The third kappa shape index (κ3) is 6.03. The van der Waals surface area contributed by atoms with Crippen LogP contribution in [-0.4, -0.2) is 6.54 Å². The first-order valence-corrected chi connectivity index (χ1v) is 9.59. The molecule has 0 saturated carbocycles. The van der Waals surface area contributed by atoms with E-state index in [1.165, 1.54) is 60.1 Å². The van der Waals surface area contributed by atoms with Gasteiger partial charge < -0.3 is 5.32 Å². The standard InChI is InChI=1S/C23H33N/c1-4-5-6-12-21-14-16-22(17-15-21)24-18-9-11-20(3)23-13-8-7-10-19(23)2/h10,13-17,24H,3-9,11-12,18H2,1-2H3. The van der Waals surface area contributed by atoms with Gasteiger partial charge in [-0.15, -0.1) is 0 Å². The van der Waals surface area contributed by atoms with Crippen molar-refractivity contribution >= 4 is 5.69 Å². The van der Waals surface area contributed by atoms with Crippen LogP contribution in [0.4, 0.5) is 5.69 Å². The van der Waals surface area contributed by atoms with E-state index in [1.807, 2.05) is 0 Å². The van der Waals surface area contributed by atoms with Crippen LogP contribution in [0.1, 0.15) is 64.4 Å². The van der Waals surface area contributed by atoms with Crippen LogP contribution in [0, 0.1) is 0 Å². The van der Waals surface area contributed by atoms with Crippen molar-refractivity contribution in [3.05, 3.63) is 65.3 Å².